The van der Waals surface area contributed by atoms with Crippen LogP contribution in [0.5, 0.6) is 5.75 Å². The van der Waals surface area contributed by atoms with Crippen LogP contribution in [0.15, 0.2) is 34.4 Å². The van der Waals surface area contributed by atoms with Gasteiger partial charge in [-0.1, -0.05) is 11.6 Å². The fourth-order valence-corrected chi connectivity index (χ4v) is 4.40. The monoisotopic (exact) mass is 423 g/mol. The molecule has 0 aliphatic heterocycles. The zero-order valence-electron chi connectivity index (χ0n) is 14.8. The Labute approximate surface area is 169 Å². The number of rotatable bonds is 7. The van der Waals surface area contributed by atoms with Gasteiger partial charge in [-0.25, -0.2) is 4.98 Å². The number of methoxy groups -OCH3 is 1. The number of nitrogens with zero attached hydrogens (tertiary/aromatic N) is 2. The van der Waals surface area contributed by atoms with E-state index < -0.39 is 0 Å². The first-order valence-electron chi connectivity index (χ1n) is 8.16. The van der Waals surface area contributed by atoms with Gasteiger partial charge in [-0.05, 0) is 25.1 Å². The second-order valence-corrected chi connectivity index (χ2v) is 8.15. The predicted molar refractivity (Wildman–Crippen MR) is 111 cm³/mol. The SMILES string of the molecule is COc1ccc(Cl)cc1NC(=O)CCSCc1cc(=O)n2c(C)csc2n1. The standard InChI is InChI=1S/C18H18ClN3O3S2/c1-11-9-27-18-20-13(8-17(24)22(11)18)10-26-6-5-16(23)21-14-7-12(19)3-4-15(14)25-2/h3-4,7-9H,5-6,10H2,1-2H3,(H,21,23). The molecule has 1 amide bonds. The van der Waals surface area contributed by atoms with Crippen molar-refractivity contribution in [2.24, 2.45) is 0 Å². The van der Waals surface area contributed by atoms with Gasteiger partial charge in [0.2, 0.25) is 5.91 Å². The lowest BCUT2D eigenvalue weighted by atomic mass is 10.3. The second-order valence-electron chi connectivity index (χ2n) is 5.78. The Bertz CT molecular complexity index is 1030. The number of ether oxygens (including phenoxy) is 1. The summed E-state index contributed by atoms with van der Waals surface area (Å²) in [6.45, 7) is 1.88. The first-order chi connectivity index (χ1) is 13.0. The van der Waals surface area contributed by atoms with Crippen LogP contribution in [0.1, 0.15) is 17.8 Å². The molecule has 0 spiro atoms. The van der Waals surface area contributed by atoms with Crippen molar-refractivity contribution in [2.45, 2.75) is 19.1 Å². The van der Waals surface area contributed by atoms with Crippen molar-refractivity contribution in [3.05, 3.63) is 56.4 Å². The highest BCUT2D eigenvalue weighted by Crippen LogP contribution is 2.27. The van der Waals surface area contributed by atoms with Crippen molar-refractivity contribution < 1.29 is 9.53 Å². The van der Waals surface area contributed by atoms with Gasteiger partial charge in [-0.2, -0.15) is 11.8 Å². The van der Waals surface area contributed by atoms with Crippen molar-refractivity contribution in [3.63, 3.8) is 0 Å². The largest absolute Gasteiger partial charge is 0.495 e. The highest BCUT2D eigenvalue weighted by molar-refractivity contribution is 7.98. The Hall–Kier alpha value is -2.03. The van der Waals surface area contributed by atoms with Crippen LogP contribution in [0.4, 0.5) is 5.69 Å². The van der Waals surface area contributed by atoms with Gasteiger partial charge in [0, 0.05) is 40.1 Å². The zero-order valence-corrected chi connectivity index (χ0v) is 17.2. The summed E-state index contributed by atoms with van der Waals surface area (Å²) < 4.78 is 6.82. The van der Waals surface area contributed by atoms with Gasteiger partial charge in [0.05, 0.1) is 18.5 Å². The smallest absolute Gasteiger partial charge is 0.258 e. The Kier molecular flexibility index (Phi) is 6.41. The van der Waals surface area contributed by atoms with E-state index in [1.165, 1.54) is 18.4 Å². The summed E-state index contributed by atoms with van der Waals surface area (Å²) in [5.41, 5.74) is 2.09. The molecule has 3 rings (SSSR count). The molecule has 0 aliphatic carbocycles. The van der Waals surface area contributed by atoms with Crippen molar-refractivity contribution >= 4 is 51.3 Å². The molecule has 0 fully saturated rings. The van der Waals surface area contributed by atoms with Gasteiger partial charge < -0.3 is 10.1 Å². The number of amides is 1. The van der Waals surface area contributed by atoms with Crippen LogP contribution in [0.2, 0.25) is 5.02 Å². The fourth-order valence-electron chi connectivity index (χ4n) is 2.51. The van der Waals surface area contributed by atoms with Crippen LogP contribution in [-0.2, 0) is 10.5 Å². The topological polar surface area (TPSA) is 72.7 Å². The number of anilines is 1. The van der Waals surface area contributed by atoms with E-state index >= 15 is 0 Å². The average molecular weight is 424 g/mol. The van der Waals surface area contributed by atoms with E-state index in [-0.39, 0.29) is 11.5 Å². The molecule has 0 saturated carbocycles. The summed E-state index contributed by atoms with van der Waals surface area (Å²) in [5.74, 6) is 1.63. The molecule has 0 atom stereocenters. The lowest BCUT2D eigenvalue weighted by Crippen LogP contribution is -2.15. The zero-order chi connectivity index (χ0) is 19.4. The molecule has 142 valence electrons. The number of nitrogens with one attached hydrogen (secondary N) is 1. The number of carbonyl (C=O) groups is 1. The summed E-state index contributed by atoms with van der Waals surface area (Å²) in [7, 11) is 1.54. The Morgan fingerprint density at radius 1 is 1.41 bits per heavy atom. The van der Waals surface area contributed by atoms with Gasteiger partial charge in [0.15, 0.2) is 4.96 Å². The average Bonchev–Trinajstić information content (AvgIpc) is 3.00. The Morgan fingerprint density at radius 2 is 2.22 bits per heavy atom. The van der Waals surface area contributed by atoms with Gasteiger partial charge in [0.25, 0.3) is 5.56 Å². The molecular formula is C18H18ClN3O3S2. The maximum Gasteiger partial charge on any atom is 0.258 e. The summed E-state index contributed by atoms with van der Waals surface area (Å²) >= 11 is 8.97. The molecule has 0 bridgehead atoms. The minimum Gasteiger partial charge on any atom is -0.495 e. The first kappa shape index (κ1) is 19.7. The number of aromatic nitrogens is 2. The maximum absolute atomic E-state index is 12.1. The minimum atomic E-state index is -0.125. The van der Waals surface area contributed by atoms with Crippen molar-refractivity contribution in [1.82, 2.24) is 9.38 Å². The van der Waals surface area contributed by atoms with Crippen LogP contribution in [0.25, 0.3) is 4.96 Å². The lowest BCUT2D eigenvalue weighted by molar-refractivity contribution is -0.115. The van der Waals surface area contributed by atoms with E-state index in [0.717, 1.165) is 11.4 Å². The third-order valence-corrected chi connectivity index (χ3v) is 5.96. The second kappa shape index (κ2) is 8.77. The number of halogens is 1. The Balaban J connectivity index is 1.52. The van der Waals surface area contributed by atoms with Gasteiger partial charge in [-0.15, -0.1) is 11.3 Å². The van der Waals surface area contributed by atoms with Crippen molar-refractivity contribution in [3.8, 4) is 5.75 Å². The van der Waals surface area contributed by atoms with Crippen LogP contribution >= 0.6 is 34.7 Å². The van der Waals surface area contributed by atoms with E-state index in [0.29, 0.717) is 39.3 Å². The maximum atomic E-state index is 12.1. The number of benzene rings is 1. The van der Waals surface area contributed by atoms with Crippen LogP contribution < -0.4 is 15.6 Å². The van der Waals surface area contributed by atoms with Gasteiger partial charge in [0.1, 0.15) is 5.75 Å². The number of thiazole rings is 1. The summed E-state index contributed by atoms with van der Waals surface area (Å²) in [6, 6.07) is 6.62. The summed E-state index contributed by atoms with van der Waals surface area (Å²) in [4.78, 5) is 29.5. The molecule has 0 aliphatic rings. The quantitative estimate of drug-likeness (QED) is 0.582. The van der Waals surface area contributed by atoms with E-state index in [4.69, 9.17) is 16.3 Å². The highest BCUT2D eigenvalue weighted by Gasteiger charge is 2.10. The number of aryl methyl sites for hydroxylation is 1. The molecule has 1 N–H and O–H groups in total. The highest BCUT2D eigenvalue weighted by atomic mass is 35.5. The minimum absolute atomic E-state index is 0.0693. The normalized spacial score (nSPS) is 10.9. The molecule has 1 aromatic carbocycles. The van der Waals surface area contributed by atoms with Gasteiger partial charge >= 0.3 is 0 Å². The molecule has 2 aromatic heterocycles. The summed E-state index contributed by atoms with van der Waals surface area (Å²) in [5, 5.41) is 5.24. The third kappa shape index (κ3) is 4.82. The molecular weight excluding hydrogens is 406 g/mol. The Morgan fingerprint density at radius 3 is 3.00 bits per heavy atom. The van der Waals surface area contributed by atoms with Crippen molar-refractivity contribution in [2.75, 3.05) is 18.2 Å². The number of fused-ring (bicyclic) bond motifs is 1. The number of hydrogen-bond donors (Lipinski definition) is 1. The van der Waals surface area contributed by atoms with E-state index in [1.54, 1.807) is 40.4 Å². The van der Waals surface area contributed by atoms with E-state index in [1.807, 2.05) is 12.3 Å². The third-order valence-electron chi connectivity index (χ3n) is 3.79. The van der Waals surface area contributed by atoms with Gasteiger partial charge in [-0.3, -0.25) is 14.0 Å². The molecule has 0 radical (unpaired) electrons. The molecule has 2 heterocycles. The molecule has 9 heteroatoms. The molecule has 6 nitrogen and oxygen atoms in total. The van der Waals surface area contributed by atoms with Crippen molar-refractivity contribution in [1.29, 1.82) is 0 Å². The van der Waals surface area contributed by atoms with Crippen LogP contribution in [0, 0.1) is 6.92 Å². The molecule has 3 aromatic rings. The molecule has 0 saturated heterocycles. The first-order valence-corrected chi connectivity index (χ1v) is 10.6. The van der Waals surface area contributed by atoms with E-state index in [2.05, 4.69) is 10.3 Å². The number of hydrogen-bond acceptors (Lipinski definition) is 6. The molecule has 0 unspecified atom stereocenters. The molecule has 27 heavy (non-hydrogen) atoms. The number of carbonyl (C=O) groups excluding carboxylic acids is 1. The lowest BCUT2D eigenvalue weighted by Gasteiger charge is -2.10. The summed E-state index contributed by atoms with van der Waals surface area (Å²) in [6.07, 6.45) is 0.333. The predicted octanol–water partition coefficient (Wildman–Crippen LogP) is 3.99. The number of thioether (sulfide) groups is 1. The van der Waals surface area contributed by atoms with Crippen LogP contribution in [0.3, 0.4) is 0 Å². The fraction of sp³-hybridized carbons (Fsp3) is 0.278. The van der Waals surface area contributed by atoms with E-state index in [9.17, 15) is 9.59 Å². The van der Waals surface area contributed by atoms with Crippen LogP contribution in [-0.4, -0.2) is 28.2 Å².